The lowest BCUT2D eigenvalue weighted by atomic mass is 9.84. The van der Waals surface area contributed by atoms with Crippen molar-refractivity contribution in [2.24, 2.45) is 11.7 Å². The number of rotatable bonds is 4. The van der Waals surface area contributed by atoms with Gasteiger partial charge in [0, 0.05) is 12.6 Å². The van der Waals surface area contributed by atoms with Crippen LogP contribution in [0.3, 0.4) is 0 Å². The second kappa shape index (κ2) is 7.66. The number of hydrogen-bond donors (Lipinski definition) is 2. The lowest BCUT2D eigenvalue weighted by Gasteiger charge is -2.29. The third-order valence-corrected chi connectivity index (χ3v) is 4.04. The van der Waals surface area contributed by atoms with Crippen molar-refractivity contribution in [2.75, 3.05) is 6.54 Å². The highest BCUT2D eigenvalue weighted by atomic mass is 35.5. The number of nitrogens with one attached hydrogen (secondary N) is 1. The Bertz CT molecular complexity index is 354. The van der Waals surface area contributed by atoms with E-state index in [9.17, 15) is 4.79 Å². The molecular weight excluding hydrogens is 272 g/mol. The smallest absolute Gasteiger partial charge is 0.264 e. The van der Waals surface area contributed by atoms with Crippen molar-refractivity contribution in [3.8, 4) is 0 Å². The maximum Gasteiger partial charge on any atom is 0.264 e. The van der Waals surface area contributed by atoms with Crippen LogP contribution in [0, 0.1) is 5.92 Å². The zero-order valence-electron chi connectivity index (χ0n) is 10.2. The van der Waals surface area contributed by atoms with Crippen LogP contribution in [0.5, 0.6) is 0 Å². The van der Waals surface area contributed by atoms with E-state index >= 15 is 0 Å². The molecule has 0 radical (unpaired) electrons. The van der Waals surface area contributed by atoms with Crippen LogP contribution in [0.2, 0.25) is 0 Å². The van der Waals surface area contributed by atoms with Crippen molar-refractivity contribution in [1.82, 2.24) is 14.9 Å². The van der Waals surface area contributed by atoms with Gasteiger partial charge in [-0.25, -0.2) is 0 Å². The summed E-state index contributed by atoms with van der Waals surface area (Å²) in [5.41, 5.74) is 5.76. The van der Waals surface area contributed by atoms with Gasteiger partial charge in [0.1, 0.15) is 4.88 Å². The first-order valence-electron chi connectivity index (χ1n) is 6.09. The summed E-state index contributed by atoms with van der Waals surface area (Å²) >= 11 is 1.12. The van der Waals surface area contributed by atoms with Gasteiger partial charge >= 0.3 is 0 Å². The Kier molecular flexibility index (Phi) is 6.52. The highest BCUT2D eigenvalue weighted by Crippen LogP contribution is 2.26. The molecule has 102 valence electrons. The first-order valence-corrected chi connectivity index (χ1v) is 6.87. The number of amides is 1. The van der Waals surface area contributed by atoms with Gasteiger partial charge in [-0.05, 0) is 30.3 Å². The number of aromatic nitrogens is 2. The van der Waals surface area contributed by atoms with E-state index in [1.807, 2.05) is 0 Å². The Labute approximate surface area is 117 Å². The first kappa shape index (κ1) is 15.3. The van der Waals surface area contributed by atoms with E-state index in [4.69, 9.17) is 5.73 Å². The van der Waals surface area contributed by atoms with Gasteiger partial charge in [-0.1, -0.05) is 23.8 Å². The van der Waals surface area contributed by atoms with Crippen LogP contribution < -0.4 is 11.1 Å². The molecule has 18 heavy (non-hydrogen) atoms. The number of hydrogen-bond acceptors (Lipinski definition) is 5. The van der Waals surface area contributed by atoms with Gasteiger partial charge in [-0.15, -0.1) is 17.5 Å². The maximum absolute atomic E-state index is 11.9. The van der Waals surface area contributed by atoms with E-state index in [0.29, 0.717) is 17.3 Å². The number of nitrogens with two attached hydrogens (primary N) is 1. The van der Waals surface area contributed by atoms with Crippen LogP contribution in [0.4, 0.5) is 0 Å². The van der Waals surface area contributed by atoms with Crippen molar-refractivity contribution >= 4 is 29.8 Å². The summed E-state index contributed by atoms with van der Waals surface area (Å²) in [5.74, 6) is 0.430. The molecule has 1 aliphatic rings. The highest BCUT2D eigenvalue weighted by Gasteiger charge is 2.24. The summed E-state index contributed by atoms with van der Waals surface area (Å²) in [5, 5.41) is 6.67. The zero-order valence-corrected chi connectivity index (χ0v) is 11.8. The number of nitrogens with zero attached hydrogens (tertiary/aromatic N) is 2. The van der Waals surface area contributed by atoms with Gasteiger partial charge in [0.05, 0.1) is 6.20 Å². The third-order valence-electron chi connectivity index (χ3n) is 3.37. The van der Waals surface area contributed by atoms with Crippen molar-refractivity contribution < 1.29 is 4.79 Å². The first-order chi connectivity index (χ1) is 8.31. The highest BCUT2D eigenvalue weighted by molar-refractivity contribution is 7.07. The molecule has 1 aliphatic carbocycles. The second-order valence-corrected chi connectivity index (χ2v) is 5.28. The van der Waals surface area contributed by atoms with Gasteiger partial charge in [-0.2, -0.15) is 0 Å². The largest absolute Gasteiger partial charge is 0.347 e. The number of halogens is 1. The summed E-state index contributed by atoms with van der Waals surface area (Å²) in [6.07, 6.45) is 7.64. The third kappa shape index (κ3) is 3.90. The Hall–Kier alpha value is -0.720. The molecule has 0 saturated heterocycles. The monoisotopic (exact) mass is 290 g/mol. The van der Waals surface area contributed by atoms with Crippen molar-refractivity contribution in [3.05, 3.63) is 11.1 Å². The van der Waals surface area contributed by atoms with Gasteiger partial charge in [0.15, 0.2) is 0 Å². The lowest BCUT2D eigenvalue weighted by molar-refractivity contribution is 0.0919. The molecule has 1 amide bonds. The minimum absolute atomic E-state index is 0. The van der Waals surface area contributed by atoms with Crippen LogP contribution in [0.25, 0.3) is 0 Å². The summed E-state index contributed by atoms with van der Waals surface area (Å²) in [7, 11) is 0. The molecule has 1 atom stereocenters. The van der Waals surface area contributed by atoms with Crippen molar-refractivity contribution in [3.63, 3.8) is 0 Å². The van der Waals surface area contributed by atoms with Crippen LogP contribution in [0.1, 0.15) is 41.8 Å². The van der Waals surface area contributed by atoms with Crippen molar-refractivity contribution in [2.45, 2.75) is 38.1 Å². The fourth-order valence-electron chi connectivity index (χ4n) is 2.41. The molecule has 1 unspecified atom stereocenters. The van der Waals surface area contributed by atoms with Crippen LogP contribution in [0.15, 0.2) is 6.20 Å². The molecule has 1 heterocycles. The predicted molar refractivity (Wildman–Crippen MR) is 74.0 cm³/mol. The molecule has 5 nitrogen and oxygen atoms in total. The number of carbonyl (C=O) groups excluding carboxylic acids is 1. The molecule has 1 fully saturated rings. The molecular formula is C11H19ClN4OS. The Balaban J connectivity index is 0.00000162. The van der Waals surface area contributed by atoms with Crippen LogP contribution >= 0.6 is 23.9 Å². The van der Waals surface area contributed by atoms with E-state index in [1.54, 1.807) is 0 Å². The van der Waals surface area contributed by atoms with Gasteiger partial charge in [0.25, 0.3) is 5.91 Å². The predicted octanol–water partition coefficient (Wildman–Crippen LogP) is 1.60. The van der Waals surface area contributed by atoms with E-state index in [-0.39, 0.29) is 24.4 Å². The lowest BCUT2D eigenvalue weighted by Crippen LogP contribution is -2.45. The average molecular weight is 291 g/mol. The quantitative estimate of drug-likeness (QED) is 0.882. The normalized spacial score (nSPS) is 17.8. The van der Waals surface area contributed by atoms with Crippen LogP contribution in [-0.4, -0.2) is 28.1 Å². The maximum atomic E-state index is 11.9. The van der Waals surface area contributed by atoms with Gasteiger partial charge < -0.3 is 11.1 Å². The van der Waals surface area contributed by atoms with Gasteiger partial charge in [0.2, 0.25) is 0 Å². The number of carbonyl (C=O) groups is 1. The van der Waals surface area contributed by atoms with Crippen molar-refractivity contribution in [1.29, 1.82) is 0 Å². The Morgan fingerprint density at radius 2 is 2.22 bits per heavy atom. The summed E-state index contributed by atoms with van der Waals surface area (Å²) < 4.78 is 3.69. The molecule has 3 N–H and O–H groups in total. The Morgan fingerprint density at radius 3 is 2.78 bits per heavy atom. The van der Waals surface area contributed by atoms with Gasteiger partial charge in [-0.3, -0.25) is 4.79 Å². The second-order valence-electron chi connectivity index (χ2n) is 4.50. The molecule has 0 spiro atoms. The Morgan fingerprint density at radius 1 is 1.50 bits per heavy atom. The molecule has 0 aromatic carbocycles. The minimum atomic E-state index is -0.0963. The fraction of sp³-hybridized carbons (Fsp3) is 0.727. The molecule has 2 rings (SSSR count). The molecule has 1 saturated carbocycles. The molecule has 7 heteroatoms. The zero-order chi connectivity index (χ0) is 12.1. The van der Waals surface area contributed by atoms with E-state index in [2.05, 4.69) is 14.9 Å². The summed E-state index contributed by atoms with van der Waals surface area (Å²) in [6, 6.07) is 0.0879. The summed E-state index contributed by atoms with van der Waals surface area (Å²) in [6.45, 7) is 0.503. The average Bonchev–Trinajstić information content (AvgIpc) is 2.90. The fourth-order valence-corrected chi connectivity index (χ4v) is 2.83. The standard InChI is InChI=1S/C11H18N4OS.ClH/c12-6-9(8-4-2-1-3-5-8)14-11(16)10-7-13-15-17-10;/h7-9H,1-6,12H2,(H,14,16);1H. The SMILES string of the molecule is Cl.NCC(NC(=O)c1cnns1)C1CCCCC1. The molecule has 1 aromatic rings. The van der Waals surface area contributed by atoms with E-state index in [1.165, 1.54) is 38.3 Å². The van der Waals surface area contributed by atoms with Crippen LogP contribution in [-0.2, 0) is 0 Å². The molecule has 0 bridgehead atoms. The topological polar surface area (TPSA) is 80.9 Å². The molecule has 0 aliphatic heterocycles. The summed E-state index contributed by atoms with van der Waals surface area (Å²) in [4.78, 5) is 12.4. The van der Waals surface area contributed by atoms with E-state index in [0.717, 1.165) is 11.5 Å². The van der Waals surface area contributed by atoms with E-state index < -0.39 is 0 Å². The molecule has 1 aromatic heterocycles. The minimum Gasteiger partial charge on any atom is -0.347 e.